The van der Waals surface area contributed by atoms with Gasteiger partial charge in [-0.3, -0.25) is 9.79 Å². The van der Waals surface area contributed by atoms with Crippen molar-refractivity contribution in [2.45, 2.75) is 37.8 Å². The van der Waals surface area contributed by atoms with Crippen LogP contribution in [0.1, 0.15) is 25.7 Å². The Kier molecular flexibility index (Phi) is 4.43. The van der Waals surface area contributed by atoms with E-state index in [4.69, 9.17) is 11.6 Å². The molecule has 0 aromatic carbocycles. The van der Waals surface area contributed by atoms with Crippen LogP contribution in [-0.4, -0.2) is 36.5 Å². The Morgan fingerprint density at radius 3 is 2.77 bits per heavy atom. The second-order valence-corrected chi connectivity index (χ2v) is 6.12. The average molecular weight is 319 g/mol. The molecule has 22 heavy (non-hydrogen) atoms. The van der Waals surface area contributed by atoms with Gasteiger partial charge in [-0.2, -0.15) is 0 Å². The highest BCUT2D eigenvalue weighted by atomic mass is 35.5. The molecule has 0 saturated heterocycles. The number of hydrogen-bond donors (Lipinski definition) is 2. The third kappa shape index (κ3) is 3.30. The summed E-state index contributed by atoms with van der Waals surface area (Å²) in [6.45, 7) is 4.12. The molecule has 0 atom stereocenters. The highest BCUT2D eigenvalue weighted by Crippen LogP contribution is 2.25. The fourth-order valence-electron chi connectivity index (χ4n) is 3.06. The maximum absolute atomic E-state index is 11.3. The molecule has 5 nitrogen and oxygen atoms in total. The van der Waals surface area contributed by atoms with Crippen molar-refractivity contribution in [1.82, 2.24) is 10.6 Å². The molecule has 2 aliphatic heterocycles. The minimum absolute atomic E-state index is 0.0884. The van der Waals surface area contributed by atoms with E-state index in [2.05, 4.69) is 27.2 Å². The smallest absolute Gasteiger partial charge is 0.243 e. The molecule has 3 aliphatic rings. The number of rotatable bonds is 4. The molecule has 0 unspecified atom stereocenters. The Morgan fingerprint density at radius 2 is 2.05 bits per heavy atom. The highest BCUT2D eigenvalue weighted by Gasteiger charge is 2.25. The standard InChI is InChI=1S/C16H19ClN4O/c1-2-16(22)20-11-5-3-10(4-6-11)19-13-8-18-9-14-12(13)7-15(17)21-14/h2,7,9-11,19H,1,3-6,8H2,(H,20,22)/t10-,11+. The van der Waals surface area contributed by atoms with Gasteiger partial charge >= 0.3 is 0 Å². The van der Waals surface area contributed by atoms with Crippen LogP contribution in [0.4, 0.5) is 0 Å². The molecule has 0 radical (unpaired) electrons. The van der Waals surface area contributed by atoms with Gasteiger partial charge in [0.1, 0.15) is 5.16 Å². The van der Waals surface area contributed by atoms with Gasteiger partial charge in [0, 0.05) is 29.6 Å². The first kappa shape index (κ1) is 15.0. The lowest BCUT2D eigenvalue weighted by Gasteiger charge is -2.31. The zero-order valence-electron chi connectivity index (χ0n) is 12.3. The van der Waals surface area contributed by atoms with Gasteiger partial charge in [-0.15, -0.1) is 0 Å². The quantitative estimate of drug-likeness (QED) is 0.615. The molecule has 116 valence electrons. The summed E-state index contributed by atoms with van der Waals surface area (Å²) in [5.41, 5.74) is 2.99. The maximum Gasteiger partial charge on any atom is 0.243 e. The first-order chi connectivity index (χ1) is 10.7. The lowest BCUT2D eigenvalue weighted by Crippen LogP contribution is -2.42. The summed E-state index contributed by atoms with van der Waals surface area (Å²) in [6.07, 6.45) is 8.97. The average Bonchev–Trinajstić information content (AvgIpc) is 2.90. The Balaban J connectivity index is 1.57. The maximum atomic E-state index is 11.3. The first-order valence-electron chi connectivity index (χ1n) is 7.54. The zero-order chi connectivity index (χ0) is 15.5. The Bertz CT molecular complexity index is 610. The fraction of sp³-hybridized carbons (Fsp3) is 0.438. The van der Waals surface area contributed by atoms with Crippen molar-refractivity contribution in [2.75, 3.05) is 6.54 Å². The molecule has 0 aromatic heterocycles. The molecule has 2 N–H and O–H groups in total. The number of dihydropyridines is 1. The number of amides is 1. The van der Waals surface area contributed by atoms with Gasteiger partial charge in [0.15, 0.2) is 0 Å². The van der Waals surface area contributed by atoms with Gasteiger partial charge in [0.05, 0.1) is 12.3 Å². The van der Waals surface area contributed by atoms with Gasteiger partial charge in [0.2, 0.25) is 5.91 Å². The van der Waals surface area contributed by atoms with Crippen molar-refractivity contribution in [3.05, 3.63) is 35.2 Å². The van der Waals surface area contributed by atoms with Crippen molar-refractivity contribution < 1.29 is 4.79 Å². The van der Waals surface area contributed by atoms with Crippen LogP contribution in [0.15, 0.2) is 45.1 Å². The van der Waals surface area contributed by atoms with Crippen LogP contribution in [0, 0.1) is 0 Å². The van der Waals surface area contributed by atoms with Crippen molar-refractivity contribution in [2.24, 2.45) is 9.98 Å². The predicted octanol–water partition coefficient (Wildman–Crippen LogP) is 2.06. The largest absolute Gasteiger partial charge is 0.384 e. The molecule has 1 saturated carbocycles. The van der Waals surface area contributed by atoms with Gasteiger partial charge < -0.3 is 10.6 Å². The molecule has 1 amide bonds. The van der Waals surface area contributed by atoms with Crippen LogP contribution >= 0.6 is 11.6 Å². The minimum Gasteiger partial charge on any atom is -0.384 e. The molecule has 6 heteroatoms. The van der Waals surface area contributed by atoms with Crippen LogP contribution < -0.4 is 10.6 Å². The van der Waals surface area contributed by atoms with E-state index in [0.717, 1.165) is 42.7 Å². The van der Waals surface area contributed by atoms with E-state index in [0.29, 0.717) is 17.7 Å². The van der Waals surface area contributed by atoms with Crippen molar-refractivity contribution in [3.63, 3.8) is 0 Å². The molecule has 0 aromatic rings. The second-order valence-electron chi connectivity index (χ2n) is 5.73. The summed E-state index contributed by atoms with van der Waals surface area (Å²) < 4.78 is 0. The monoisotopic (exact) mass is 318 g/mol. The summed E-state index contributed by atoms with van der Waals surface area (Å²) in [7, 11) is 0. The topological polar surface area (TPSA) is 65.8 Å². The number of hydrogen-bond acceptors (Lipinski definition) is 4. The van der Waals surface area contributed by atoms with Crippen LogP contribution in [-0.2, 0) is 4.79 Å². The summed E-state index contributed by atoms with van der Waals surface area (Å²) in [5, 5.41) is 7.06. The van der Waals surface area contributed by atoms with Crippen molar-refractivity contribution in [1.29, 1.82) is 0 Å². The van der Waals surface area contributed by atoms with Crippen LogP contribution in [0.3, 0.4) is 0 Å². The van der Waals surface area contributed by atoms with E-state index < -0.39 is 0 Å². The molecule has 1 aliphatic carbocycles. The number of nitrogens with zero attached hydrogens (tertiary/aromatic N) is 2. The van der Waals surface area contributed by atoms with E-state index in [1.54, 1.807) is 6.21 Å². The minimum atomic E-state index is -0.0884. The van der Waals surface area contributed by atoms with Gasteiger partial charge in [-0.1, -0.05) is 18.2 Å². The summed E-state index contributed by atoms with van der Waals surface area (Å²) in [6, 6.07) is 0.658. The number of aliphatic imine (C=N–C) groups is 2. The zero-order valence-corrected chi connectivity index (χ0v) is 13.1. The lowest BCUT2D eigenvalue weighted by molar-refractivity contribution is -0.117. The lowest BCUT2D eigenvalue weighted by atomic mass is 9.90. The SMILES string of the molecule is C=CC(=O)N[C@H]1CC[C@@H](NC2=C3C=C(Cl)N=C3C=NC2)CC1. The molecule has 2 heterocycles. The molecule has 1 fully saturated rings. The van der Waals surface area contributed by atoms with E-state index in [1.165, 1.54) is 6.08 Å². The number of carbonyl (C=O) groups is 1. The molecule has 0 spiro atoms. The molecule has 3 rings (SSSR count). The van der Waals surface area contributed by atoms with E-state index in [-0.39, 0.29) is 11.9 Å². The fourth-order valence-corrected chi connectivity index (χ4v) is 3.26. The van der Waals surface area contributed by atoms with Crippen LogP contribution in [0.5, 0.6) is 0 Å². The number of carbonyl (C=O) groups excluding carboxylic acids is 1. The van der Waals surface area contributed by atoms with Gasteiger partial charge in [0.25, 0.3) is 0 Å². The number of fused-ring (bicyclic) bond motifs is 1. The third-order valence-corrected chi connectivity index (χ3v) is 4.39. The molecular formula is C16H19ClN4O. The van der Waals surface area contributed by atoms with Crippen LogP contribution in [0.2, 0.25) is 0 Å². The van der Waals surface area contributed by atoms with E-state index in [9.17, 15) is 4.79 Å². The van der Waals surface area contributed by atoms with Crippen molar-refractivity contribution >= 4 is 29.4 Å². The highest BCUT2D eigenvalue weighted by molar-refractivity contribution is 6.44. The second kappa shape index (κ2) is 6.48. The number of allylic oxidation sites excluding steroid dienone is 2. The van der Waals surface area contributed by atoms with E-state index >= 15 is 0 Å². The normalized spacial score (nSPS) is 27.0. The summed E-state index contributed by atoms with van der Waals surface area (Å²) >= 11 is 5.98. The van der Waals surface area contributed by atoms with E-state index in [1.807, 2.05) is 6.08 Å². The predicted molar refractivity (Wildman–Crippen MR) is 89.3 cm³/mol. The van der Waals surface area contributed by atoms with Gasteiger partial charge in [-0.25, -0.2) is 4.99 Å². The van der Waals surface area contributed by atoms with Gasteiger partial charge in [-0.05, 0) is 37.8 Å². The van der Waals surface area contributed by atoms with Crippen LogP contribution in [0.25, 0.3) is 0 Å². The Hall–Kier alpha value is -1.88. The number of halogens is 1. The Labute approximate surface area is 134 Å². The molecule has 0 bridgehead atoms. The Morgan fingerprint density at radius 1 is 1.32 bits per heavy atom. The number of nitrogens with one attached hydrogen (secondary N) is 2. The summed E-state index contributed by atoms with van der Waals surface area (Å²) in [4.78, 5) is 19.9. The van der Waals surface area contributed by atoms with Crippen molar-refractivity contribution in [3.8, 4) is 0 Å². The summed E-state index contributed by atoms with van der Waals surface area (Å²) in [5.74, 6) is -0.0884. The third-order valence-electron chi connectivity index (χ3n) is 4.19. The molecular weight excluding hydrogens is 300 g/mol. The first-order valence-corrected chi connectivity index (χ1v) is 7.92.